The van der Waals surface area contributed by atoms with Crippen LogP contribution in [0.5, 0.6) is 0 Å². The number of aromatic nitrogens is 1. The molecule has 1 radical (unpaired) electrons. The van der Waals surface area contributed by atoms with Crippen molar-refractivity contribution in [1.82, 2.24) is 4.98 Å². The van der Waals surface area contributed by atoms with Crippen molar-refractivity contribution < 1.29 is 32.7 Å². The van der Waals surface area contributed by atoms with E-state index in [2.05, 4.69) is 31.8 Å². The van der Waals surface area contributed by atoms with Gasteiger partial charge < -0.3 is 0 Å². The molecule has 0 aliphatic carbocycles. The molecule has 0 aliphatic heterocycles. The molecule has 0 fully saturated rings. The summed E-state index contributed by atoms with van der Waals surface area (Å²) in [7, 11) is 0. The Bertz CT molecular complexity index is 395. The van der Waals surface area contributed by atoms with Crippen LogP contribution in [0.25, 0.3) is 10.2 Å². The molecule has 1 aromatic heterocycles. The summed E-state index contributed by atoms with van der Waals surface area (Å²) >= 11 is 1.76. The fourth-order valence-corrected chi connectivity index (χ4v) is 2.14. The second kappa shape index (κ2) is 4.38. The minimum Gasteiger partial charge on any atom is -0.268 e. The van der Waals surface area contributed by atoms with Gasteiger partial charge in [-0.05, 0) is 5.52 Å². The zero-order chi connectivity index (χ0) is 9.47. The summed E-state index contributed by atoms with van der Waals surface area (Å²) in [6, 6.07) is 9.00. The van der Waals surface area contributed by atoms with E-state index in [0.717, 1.165) is 5.52 Å². The zero-order valence-corrected chi connectivity index (χ0v) is 12.3. The van der Waals surface area contributed by atoms with Gasteiger partial charge in [0.05, 0.1) is 5.01 Å². The molecule has 0 saturated heterocycles. The van der Waals surface area contributed by atoms with E-state index >= 15 is 0 Å². The molecule has 2 aromatic rings. The average molecular weight is 279 g/mol. The van der Waals surface area contributed by atoms with Crippen LogP contribution in [-0.2, 0) is 38.1 Å². The molecule has 0 saturated carbocycles. The Labute approximate surface area is 114 Å². The monoisotopic (exact) mass is 279 g/mol. The van der Waals surface area contributed by atoms with Crippen LogP contribution < -0.4 is 0 Å². The van der Waals surface area contributed by atoms with E-state index in [4.69, 9.17) is 0 Å². The van der Waals surface area contributed by atoms with E-state index in [1.165, 1.54) is 9.71 Å². The Morgan fingerprint density at radius 1 is 1.36 bits per heavy atom. The van der Waals surface area contributed by atoms with Gasteiger partial charge in [0.15, 0.2) is 0 Å². The van der Waals surface area contributed by atoms with Crippen LogP contribution in [0.1, 0.15) is 25.8 Å². The van der Waals surface area contributed by atoms with Gasteiger partial charge in [-0.1, -0.05) is 25.5 Å². The van der Waals surface area contributed by atoms with Gasteiger partial charge in [0.25, 0.3) is 0 Å². The topological polar surface area (TPSA) is 12.9 Å². The molecule has 1 aromatic carbocycles. The molecule has 0 N–H and O–H groups in total. The summed E-state index contributed by atoms with van der Waals surface area (Å²) in [6.07, 6.45) is 0. The second-order valence-corrected chi connectivity index (χ2v) is 5.19. The molecular weight excluding hydrogens is 267 g/mol. The molecule has 71 valence electrons. The quantitative estimate of drug-likeness (QED) is 0.674. The second-order valence-electron chi connectivity index (χ2n) is 4.16. The molecular formula is C11H12NSY-. The molecule has 0 bridgehead atoms. The molecule has 1 heterocycles. The van der Waals surface area contributed by atoms with E-state index in [1.807, 2.05) is 18.2 Å². The van der Waals surface area contributed by atoms with Gasteiger partial charge in [0, 0.05) is 38.1 Å². The summed E-state index contributed by atoms with van der Waals surface area (Å²) in [6.45, 7) is 6.57. The molecule has 0 spiro atoms. The maximum atomic E-state index is 4.58. The Balaban J connectivity index is 0.000000980. The molecule has 0 amide bonds. The average Bonchev–Trinajstić information content (AvgIpc) is 2.45. The summed E-state index contributed by atoms with van der Waals surface area (Å²) in [5, 5.41) is 1.20. The summed E-state index contributed by atoms with van der Waals surface area (Å²) in [5.41, 5.74) is 1.25. The van der Waals surface area contributed by atoms with Crippen molar-refractivity contribution in [1.29, 1.82) is 0 Å². The van der Waals surface area contributed by atoms with Gasteiger partial charge in [0.1, 0.15) is 0 Å². The number of thiazole rings is 1. The van der Waals surface area contributed by atoms with E-state index < -0.39 is 0 Å². The third-order valence-electron chi connectivity index (χ3n) is 1.87. The van der Waals surface area contributed by atoms with Crippen molar-refractivity contribution in [2.75, 3.05) is 0 Å². The Hall–Kier alpha value is 0.214. The third-order valence-corrected chi connectivity index (χ3v) is 3.32. The summed E-state index contributed by atoms with van der Waals surface area (Å²) in [4.78, 5) is 4.58. The van der Waals surface area contributed by atoms with Crippen LogP contribution >= 0.6 is 11.3 Å². The normalized spacial score (nSPS) is 11.4. The SMILES string of the molecule is CC(C)(C)c1nc2cc[c-]cc2s1.[Y]. The first-order chi connectivity index (χ1) is 6.07. The molecule has 0 atom stereocenters. The first-order valence-electron chi connectivity index (χ1n) is 4.34. The predicted molar refractivity (Wildman–Crippen MR) is 57.2 cm³/mol. The van der Waals surface area contributed by atoms with Crippen molar-refractivity contribution in [3.63, 3.8) is 0 Å². The Kier molecular flexibility index (Phi) is 3.84. The predicted octanol–water partition coefficient (Wildman–Crippen LogP) is 3.39. The van der Waals surface area contributed by atoms with E-state index in [1.54, 1.807) is 11.3 Å². The Morgan fingerprint density at radius 3 is 2.64 bits per heavy atom. The smallest absolute Gasteiger partial charge is 0.0846 e. The number of benzene rings is 1. The van der Waals surface area contributed by atoms with Crippen molar-refractivity contribution in [3.05, 3.63) is 29.3 Å². The summed E-state index contributed by atoms with van der Waals surface area (Å²) < 4.78 is 1.23. The van der Waals surface area contributed by atoms with Crippen LogP contribution in [0.15, 0.2) is 18.2 Å². The zero-order valence-electron chi connectivity index (χ0n) is 8.66. The van der Waals surface area contributed by atoms with Crippen LogP contribution in [0.2, 0.25) is 0 Å². The molecule has 3 heteroatoms. The number of fused-ring (bicyclic) bond motifs is 1. The van der Waals surface area contributed by atoms with Crippen molar-refractivity contribution in [3.8, 4) is 0 Å². The van der Waals surface area contributed by atoms with Crippen molar-refractivity contribution in [2.45, 2.75) is 26.2 Å². The number of hydrogen-bond acceptors (Lipinski definition) is 2. The molecule has 0 aliphatic rings. The van der Waals surface area contributed by atoms with Gasteiger partial charge in [0.2, 0.25) is 0 Å². The number of nitrogens with zero attached hydrogens (tertiary/aromatic N) is 1. The van der Waals surface area contributed by atoms with Gasteiger partial charge in [-0.25, -0.2) is 0 Å². The number of hydrogen-bond donors (Lipinski definition) is 0. The maximum absolute atomic E-state index is 4.58. The minimum atomic E-state index is 0. The van der Waals surface area contributed by atoms with Crippen LogP contribution in [0.3, 0.4) is 0 Å². The fraction of sp³-hybridized carbons (Fsp3) is 0.364. The number of rotatable bonds is 0. The van der Waals surface area contributed by atoms with Crippen molar-refractivity contribution in [2.24, 2.45) is 0 Å². The molecule has 2 rings (SSSR count). The standard InChI is InChI=1S/C11H12NS.Y/c1-11(2,3)10-12-8-6-4-5-7-9(8)13-10;/h4,6-7H,1-3H3;/q-1;. The first-order valence-corrected chi connectivity index (χ1v) is 5.16. The maximum Gasteiger partial charge on any atom is 0.0846 e. The van der Waals surface area contributed by atoms with E-state index in [9.17, 15) is 0 Å². The van der Waals surface area contributed by atoms with Gasteiger partial charge in [-0.2, -0.15) is 29.5 Å². The third kappa shape index (κ3) is 2.42. The first kappa shape index (κ1) is 12.3. The largest absolute Gasteiger partial charge is 0.268 e. The van der Waals surface area contributed by atoms with Gasteiger partial charge in [-0.15, -0.1) is 6.07 Å². The van der Waals surface area contributed by atoms with Crippen molar-refractivity contribution >= 4 is 21.6 Å². The molecule has 1 nitrogen and oxygen atoms in total. The minimum absolute atomic E-state index is 0. The van der Waals surface area contributed by atoms with Crippen LogP contribution in [0.4, 0.5) is 0 Å². The molecule has 0 unspecified atom stereocenters. The van der Waals surface area contributed by atoms with Crippen LogP contribution in [0, 0.1) is 6.07 Å². The van der Waals surface area contributed by atoms with Gasteiger partial charge in [-0.3, -0.25) is 4.98 Å². The van der Waals surface area contributed by atoms with Gasteiger partial charge >= 0.3 is 0 Å². The Morgan fingerprint density at radius 2 is 2.07 bits per heavy atom. The molecule has 14 heavy (non-hydrogen) atoms. The van der Waals surface area contributed by atoms with Crippen LogP contribution in [-0.4, -0.2) is 4.98 Å². The van der Waals surface area contributed by atoms with E-state index in [0.29, 0.717) is 0 Å². The fourth-order valence-electron chi connectivity index (χ4n) is 1.14. The summed E-state index contributed by atoms with van der Waals surface area (Å²) in [5.74, 6) is 0. The van der Waals surface area contributed by atoms with E-state index in [-0.39, 0.29) is 38.1 Å².